The summed E-state index contributed by atoms with van der Waals surface area (Å²) in [5.74, 6) is 0.0780. The van der Waals surface area contributed by atoms with E-state index in [1.807, 2.05) is 26.0 Å². The van der Waals surface area contributed by atoms with Gasteiger partial charge in [-0.2, -0.15) is 0 Å². The first-order chi connectivity index (χ1) is 14.4. The normalized spacial score (nSPS) is 10.2. The van der Waals surface area contributed by atoms with Gasteiger partial charge in [-0.1, -0.05) is 25.1 Å². The number of rotatable bonds is 10. The summed E-state index contributed by atoms with van der Waals surface area (Å²) in [5.41, 5.74) is 2.68. The number of amides is 3. The summed E-state index contributed by atoms with van der Waals surface area (Å²) in [7, 11) is 0. The van der Waals surface area contributed by atoms with Crippen LogP contribution in [0.5, 0.6) is 5.75 Å². The highest BCUT2D eigenvalue weighted by atomic mass is 16.5. The van der Waals surface area contributed by atoms with Crippen LogP contribution in [0.3, 0.4) is 0 Å². The number of benzene rings is 2. The van der Waals surface area contributed by atoms with Crippen molar-refractivity contribution in [2.75, 3.05) is 23.8 Å². The predicted molar refractivity (Wildman–Crippen MR) is 118 cm³/mol. The van der Waals surface area contributed by atoms with Crippen LogP contribution in [-0.2, 0) is 9.59 Å². The second-order valence-electron chi connectivity index (χ2n) is 6.77. The lowest BCUT2D eigenvalue weighted by atomic mass is 10.1. The van der Waals surface area contributed by atoms with Crippen LogP contribution in [0, 0.1) is 6.92 Å². The van der Waals surface area contributed by atoms with Crippen LogP contribution in [0.25, 0.3) is 0 Å². The van der Waals surface area contributed by atoms with E-state index >= 15 is 0 Å². The first-order valence-electron chi connectivity index (χ1n) is 10.1. The number of anilines is 2. The third-order valence-corrected chi connectivity index (χ3v) is 4.41. The molecule has 30 heavy (non-hydrogen) atoms. The van der Waals surface area contributed by atoms with Crippen molar-refractivity contribution < 1.29 is 19.1 Å². The Kier molecular flexibility index (Phi) is 8.87. The third kappa shape index (κ3) is 6.92. The molecule has 2 aromatic carbocycles. The fourth-order valence-corrected chi connectivity index (χ4v) is 2.78. The summed E-state index contributed by atoms with van der Waals surface area (Å²) in [6.07, 6.45) is 1.15. The summed E-state index contributed by atoms with van der Waals surface area (Å²) in [6.45, 7) is 6.38. The van der Waals surface area contributed by atoms with Gasteiger partial charge in [-0.25, -0.2) is 0 Å². The molecule has 0 spiro atoms. The van der Waals surface area contributed by atoms with E-state index in [-0.39, 0.29) is 24.1 Å². The monoisotopic (exact) mass is 411 g/mol. The van der Waals surface area contributed by atoms with Gasteiger partial charge < -0.3 is 20.7 Å². The third-order valence-electron chi connectivity index (χ3n) is 4.41. The Morgan fingerprint density at radius 1 is 0.967 bits per heavy atom. The van der Waals surface area contributed by atoms with Gasteiger partial charge in [-0.05, 0) is 50.1 Å². The highest BCUT2D eigenvalue weighted by molar-refractivity contribution is 5.97. The Morgan fingerprint density at radius 3 is 2.47 bits per heavy atom. The van der Waals surface area contributed by atoms with Crippen molar-refractivity contribution in [3.8, 4) is 5.75 Å². The average molecular weight is 412 g/mol. The summed E-state index contributed by atoms with van der Waals surface area (Å²) >= 11 is 0. The molecular formula is C23H29N3O4. The zero-order valence-electron chi connectivity index (χ0n) is 17.7. The molecule has 0 fully saturated rings. The number of carbonyl (C=O) groups excluding carboxylic acids is 3. The van der Waals surface area contributed by atoms with Gasteiger partial charge in [0.1, 0.15) is 5.75 Å². The molecule has 3 N–H and O–H groups in total. The van der Waals surface area contributed by atoms with Crippen LogP contribution >= 0.6 is 0 Å². The van der Waals surface area contributed by atoms with E-state index in [1.54, 1.807) is 37.3 Å². The van der Waals surface area contributed by atoms with E-state index in [4.69, 9.17) is 4.74 Å². The Hall–Kier alpha value is -3.35. The van der Waals surface area contributed by atoms with Gasteiger partial charge in [0, 0.05) is 30.8 Å². The molecule has 0 bridgehead atoms. The van der Waals surface area contributed by atoms with Gasteiger partial charge in [0.05, 0.1) is 12.2 Å². The fourth-order valence-electron chi connectivity index (χ4n) is 2.78. The first kappa shape index (κ1) is 22.9. The molecule has 7 heteroatoms. The summed E-state index contributed by atoms with van der Waals surface area (Å²) in [5, 5.41) is 8.46. The van der Waals surface area contributed by atoms with Crippen molar-refractivity contribution >= 4 is 29.1 Å². The summed E-state index contributed by atoms with van der Waals surface area (Å²) in [4.78, 5) is 36.2. The molecule has 3 amide bonds. The molecule has 0 unspecified atom stereocenters. The van der Waals surface area contributed by atoms with Gasteiger partial charge >= 0.3 is 0 Å². The number of para-hydroxylation sites is 1. The van der Waals surface area contributed by atoms with E-state index in [0.717, 1.165) is 5.56 Å². The van der Waals surface area contributed by atoms with Gasteiger partial charge in [0.25, 0.3) is 5.91 Å². The van der Waals surface area contributed by atoms with Crippen LogP contribution in [0.1, 0.15) is 49.0 Å². The molecule has 2 aromatic rings. The average Bonchev–Trinajstić information content (AvgIpc) is 2.74. The van der Waals surface area contributed by atoms with E-state index in [2.05, 4.69) is 16.0 Å². The van der Waals surface area contributed by atoms with Crippen LogP contribution in [0.4, 0.5) is 11.4 Å². The zero-order chi connectivity index (χ0) is 21.9. The van der Waals surface area contributed by atoms with Crippen molar-refractivity contribution in [1.29, 1.82) is 0 Å². The molecule has 7 nitrogen and oxygen atoms in total. The lowest BCUT2D eigenvalue weighted by Crippen LogP contribution is -2.26. The van der Waals surface area contributed by atoms with Crippen molar-refractivity contribution in [3.63, 3.8) is 0 Å². The van der Waals surface area contributed by atoms with E-state index in [9.17, 15) is 14.4 Å². The highest BCUT2D eigenvalue weighted by Gasteiger charge is 2.12. The molecule has 0 radical (unpaired) electrons. The topological polar surface area (TPSA) is 96.5 Å². The van der Waals surface area contributed by atoms with E-state index < -0.39 is 0 Å². The van der Waals surface area contributed by atoms with Crippen LogP contribution in [0.15, 0.2) is 42.5 Å². The summed E-state index contributed by atoms with van der Waals surface area (Å²) in [6, 6.07) is 12.4. The van der Waals surface area contributed by atoms with E-state index in [0.29, 0.717) is 48.7 Å². The molecule has 0 aliphatic rings. The van der Waals surface area contributed by atoms with Gasteiger partial charge in [0.2, 0.25) is 11.8 Å². The van der Waals surface area contributed by atoms with Crippen LogP contribution < -0.4 is 20.7 Å². The van der Waals surface area contributed by atoms with Crippen molar-refractivity contribution in [3.05, 3.63) is 53.6 Å². The molecule has 0 aliphatic carbocycles. The lowest BCUT2D eigenvalue weighted by molar-refractivity contribution is -0.116. The summed E-state index contributed by atoms with van der Waals surface area (Å²) < 4.78 is 5.47. The minimum atomic E-state index is -0.227. The first-order valence-corrected chi connectivity index (χ1v) is 10.1. The van der Waals surface area contributed by atoms with E-state index in [1.165, 1.54) is 0 Å². The molecule has 2 rings (SSSR count). The molecule has 0 heterocycles. The quantitative estimate of drug-likeness (QED) is 0.517. The zero-order valence-corrected chi connectivity index (χ0v) is 17.7. The van der Waals surface area contributed by atoms with Crippen molar-refractivity contribution in [1.82, 2.24) is 5.32 Å². The Labute approximate surface area is 177 Å². The van der Waals surface area contributed by atoms with Gasteiger partial charge in [-0.15, -0.1) is 0 Å². The molecule has 0 saturated heterocycles. The van der Waals surface area contributed by atoms with Gasteiger partial charge in [-0.3, -0.25) is 14.4 Å². The maximum absolute atomic E-state index is 12.3. The lowest BCUT2D eigenvalue weighted by Gasteiger charge is -2.12. The predicted octanol–water partition coefficient (Wildman–Crippen LogP) is 3.89. The molecule has 0 atom stereocenters. The molecule has 0 aliphatic heterocycles. The number of nitrogens with one attached hydrogen (secondary N) is 3. The fraction of sp³-hybridized carbons (Fsp3) is 0.348. The molecular weight excluding hydrogens is 382 g/mol. The Balaban J connectivity index is 1.82. The number of ether oxygens (including phenoxy) is 1. The highest BCUT2D eigenvalue weighted by Crippen LogP contribution is 2.21. The smallest absolute Gasteiger partial charge is 0.255 e. The molecule has 0 aromatic heterocycles. The SMILES string of the molecule is CCOc1ccccc1C(=O)NCCCC(=O)Nc1cc(NC(=O)CC)ccc1C. The van der Waals surface area contributed by atoms with Crippen LogP contribution in [0.2, 0.25) is 0 Å². The second-order valence-corrected chi connectivity index (χ2v) is 6.77. The minimum Gasteiger partial charge on any atom is -0.493 e. The van der Waals surface area contributed by atoms with Gasteiger partial charge in [0.15, 0.2) is 0 Å². The standard InChI is InChI=1S/C23H29N3O4/c1-4-21(27)25-17-13-12-16(3)19(15-17)26-22(28)11-8-14-24-23(29)18-9-6-7-10-20(18)30-5-2/h6-7,9-10,12-13,15H,4-5,8,11,14H2,1-3H3,(H,24,29)(H,25,27)(H,26,28). The minimum absolute atomic E-state index is 0.0854. The Bertz CT molecular complexity index is 896. The maximum Gasteiger partial charge on any atom is 0.255 e. The van der Waals surface area contributed by atoms with Crippen molar-refractivity contribution in [2.45, 2.75) is 40.0 Å². The maximum atomic E-state index is 12.3. The largest absolute Gasteiger partial charge is 0.493 e. The second kappa shape index (κ2) is 11.6. The number of hydrogen-bond donors (Lipinski definition) is 3. The van der Waals surface area contributed by atoms with Crippen molar-refractivity contribution in [2.24, 2.45) is 0 Å². The van der Waals surface area contributed by atoms with Crippen LogP contribution in [-0.4, -0.2) is 30.9 Å². The number of aryl methyl sites for hydroxylation is 1. The Morgan fingerprint density at radius 2 is 1.73 bits per heavy atom. The molecule has 0 saturated carbocycles. The molecule has 160 valence electrons. The number of carbonyl (C=O) groups is 3. The number of hydrogen-bond acceptors (Lipinski definition) is 4.